The van der Waals surface area contributed by atoms with Crippen LogP contribution in [0.25, 0.3) is 11.5 Å². The summed E-state index contributed by atoms with van der Waals surface area (Å²) in [7, 11) is 4.75. The number of aromatic nitrogens is 2. The normalized spacial score (nSPS) is 10.6. The second kappa shape index (κ2) is 9.49. The van der Waals surface area contributed by atoms with Gasteiger partial charge in [-0.25, -0.2) is 0 Å². The van der Waals surface area contributed by atoms with E-state index in [0.717, 1.165) is 5.56 Å². The van der Waals surface area contributed by atoms with Crippen molar-refractivity contribution in [1.82, 2.24) is 15.1 Å². The molecule has 0 atom stereocenters. The minimum atomic E-state index is -0.227. The maximum atomic E-state index is 12.4. The van der Waals surface area contributed by atoms with Crippen molar-refractivity contribution in [3.05, 3.63) is 52.9 Å². The van der Waals surface area contributed by atoms with Gasteiger partial charge in [0, 0.05) is 17.6 Å². The number of benzene rings is 2. The highest BCUT2D eigenvalue weighted by Crippen LogP contribution is 2.31. The molecule has 0 saturated heterocycles. The summed E-state index contributed by atoms with van der Waals surface area (Å²) in [4.78, 5) is 13.8. The van der Waals surface area contributed by atoms with E-state index in [1.54, 1.807) is 57.7 Å². The molecule has 3 rings (SSSR count). The third-order valence-electron chi connectivity index (χ3n) is 4.38. The van der Waals surface area contributed by atoms with E-state index in [2.05, 4.69) is 10.2 Å². The smallest absolute Gasteiger partial charge is 0.260 e. The Morgan fingerprint density at radius 3 is 2.50 bits per heavy atom. The summed E-state index contributed by atoms with van der Waals surface area (Å²) < 4.78 is 21.8. The first kappa shape index (κ1) is 21.4. The third-order valence-corrected chi connectivity index (χ3v) is 4.62. The van der Waals surface area contributed by atoms with Crippen LogP contribution in [0.15, 0.2) is 40.8 Å². The van der Waals surface area contributed by atoms with Crippen molar-refractivity contribution in [2.75, 3.05) is 27.9 Å². The molecule has 0 unspecified atom stereocenters. The molecule has 9 heteroatoms. The van der Waals surface area contributed by atoms with Gasteiger partial charge < -0.3 is 23.5 Å². The SMILES string of the molecule is COc1ccc(-c2nnc(CN(C)C(=O)COc3ccc(Cl)cc3C)o2)cc1OC. The average molecular weight is 432 g/mol. The Morgan fingerprint density at radius 1 is 1.07 bits per heavy atom. The molecule has 30 heavy (non-hydrogen) atoms. The van der Waals surface area contributed by atoms with Gasteiger partial charge in [0.15, 0.2) is 18.1 Å². The Bertz CT molecular complexity index is 1040. The summed E-state index contributed by atoms with van der Waals surface area (Å²) in [5.74, 6) is 2.15. The summed E-state index contributed by atoms with van der Waals surface area (Å²) in [6.45, 7) is 1.90. The molecule has 0 saturated carbocycles. The lowest BCUT2D eigenvalue weighted by molar-refractivity contribution is -0.132. The Kier molecular flexibility index (Phi) is 6.79. The van der Waals surface area contributed by atoms with Crippen LogP contribution in [0.2, 0.25) is 5.02 Å². The predicted octanol–water partition coefficient (Wildman–Crippen LogP) is 3.75. The number of hydrogen-bond acceptors (Lipinski definition) is 7. The molecule has 0 aliphatic carbocycles. The predicted molar refractivity (Wildman–Crippen MR) is 111 cm³/mol. The number of likely N-dealkylation sites (N-methyl/N-ethyl adjacent to an activating group) is 1. The van der Waals surface area contributed by atoms with Gasteiger partial charge in [0.05, 0.1) is 20.8 Å². The molecule has 1 amide bonds. The van der Waals surface area contributed by atoms with Crippen LogP contribution in [0.3, 0.4) is 0 Å². The van der Waals surface area contributed by atoms with Gasteiger partial charge in [-0.3, -0.25) is 4.79 Å². The van der Waals surface area contributed by atoms with Crippen LogP contribution in [0.1, 0.15) is 11.5 Å². The number of ether oxygens (including phenoxy) is 3. The number of halogens is 1. The number of carbonyl (C=O) groups excluding carboxylic acids is 1. The molecular weight excluding hydrogens is 410 g/mol. The number of nitrogens with zero attached hydrogens (tertiary/aromatic N) is 3. The van der Waals surface area contributed by atoms with Crippen LogP contribution in [-0.2, 0) is 11.3 Å². The van der Waals surface area contributed by atoms with Crippen molar-refractivity contribution in [3.63, 3.8) is 0 Å². The molecular formula is C21H22ClN3O5. The zero-order valence-corrected chi connectivity index (χ0v) is 17.9. The average Bonchev–Trinajstić information content (AvgIpc) is 3.20. The number of methoxy groups -OCH3 is 2. The van der Waals surface area contributed by atoms with E-state index in [4.69, 9.17) is 30.2 Å². The van der Waals surface area contributed by atoms with Gasteiger partial charge in [0.25, 0.3) is 5.91 Å². The lowest BCUT2D eigenvalue weighted by Gasteiger charge is -2.16. The second-order valence-corrected chi connectivity index (χ2v) is 6.96. The number of amides is 1. The van der Waals surface area contributed by atoms with Crippen molar-refractivity contribution < 1.29 is 23.4 Å². The minimum Gasteiger partial charge on any atom is -0.493 e. The van der Waals surface area contributed by atoms with E-state index < -0.39 is 0 Å². The molecule has 1 aromatic heterocycles. The Hall–Kier alpha value is -3.26. The zero-order chi connectivity index (χ0) is 21.7. The van der Waals surface area contributed by atoms with Crippen LogP contribution in [0.4, 0.5) is 0 Å². The lowest BCUT2D eigenvalue weighted by atomic mass is 10.2. The number of carbonyl (C=O) groups is 1. The van der Waals surface area contributed by atoms with Crippen molar-refractivity contribution in [2.24, 2.45) is 0 Å². The first-order chi connectivity index (χ1) is 14.4. The summed E-state index contributed by atoms with van der Waals surface area (Å²) in [6, 6.07) is 10.5. The summed E-state index contributed by atoms with van der Waals surface area (Å²) in [6.07, 6.45) is 0. The Balaban J connectivity index is 1.61. The van der Waals surface area contributed by atoms with E-state index in [9.17, 15) is 4.79 Å². The van der Waals surface area contributed by atoms with Gasteiger partial charge >= 0.3 is 0 Å². The zero-order valence-electron chi connectivity index (χ0n) is 17.1. The van der Waals surface area contributed by atoms with E-state index in [-0.39, 0.29) is 19.1 Å². The quantitative estimate of drug-likeness (QED) is 0.536. The highest BCUT2D eigenvalue weighted by Gasteiger charge is 2.16. The molecule has 3 aromatic rings. The Morgan fingerprint density at radius 2 is 1.80 bits per heavy atom. The van der Waals surface area contributed by atoms with E-state index in [0.29, 0.717) is 39.6 Å². The molecule has 1 heterocycles. The van der Waals surface area contributed by atoms with Crippen LogP contribution in [-0.4, -0.2) is 48.9 Å². The van der Waals surface area contributed by atoms with Crippen molar-refractivity contribution in [2.45, 2.75) is 13.5 Å². The number of hydrogen-bond donors (Lipinski definition) is 0. The number of rotatable bonds is 8. The second-order valence-electron chi connectivity index (χ2n) is 6.52. The fraction of sp³-hybridized carbons (Fsp3) is 0.286. The highest BCUT2D eigenvalue weighted by atomic mass is 35.5. The molecule has 8 nitrogen and oxygen atoms in total. The molecule has 0 spiro atoms. The first-order valence-corrected chi connectivity index (χ1v) is 9.46. The summed E-state index contributed by atoms with van der Waals surface area (Å²) in [5.41, 5.74) is 1.54. The summed E-state index contributed by atoms with van der Waals surface area (Å²) >= 11 is 5.93. The fourth-order valence-corrected chi connectivity index (χ4v) is 2.95. The van der Waals surface area contributed by atoms with E-state index in [1.807, 2.05) is 6.92 Å². The van der Waals surface area contributed by atoms with E-state index >= 15 is 0 Å². The van der Waals surface area contributed by atoms with Crippen LogP contribution >= 0.6 is 11.6 Å². The van der Waals surface area contributed by atoms with E-state index in [1.165, 1.54) is 4.90 Å². The monoisotopic (exact) mass is 431 g/mol. The van der Waals surface area contributed by atoms with Gasteiger partial charge in [-0.15, -0.1) is 10.2 Å². The summed E-state index contributed by atoms with van der Waals surface area (Å²) in [5, 5.41) is 8.68. The standard InChI is InChI=1S/C21H22ClN3O5/c1-13-9-15(22)6-8-16(13)29-12-20(26)25(2)11-19-23-24-21(30-19)14-5-7-17(27-3)18(10-14)28-4/h5-10H,11-12H2,1-4H3. The van der Waals surface area contributed by atoms with Gasteiger partial charge in [-0.2, -0.15) is 0 Å². The van der Waals surface area contributed by atoms with Gasteiger partial charge in [0.2, 0.25) is 11.8 Å². The molecule has 0 bridgehead atoms. The van der Waals surface area contributed by atoms with Crippen molar-refractivity contribution in [1.29, 1.82) is 0 Å². The molecule has 0 aliphatic heterocycles. The molecule has 0 aliphatic rings. The van der Waals surface area contributed by atoms with Crippen LogP contribution in [0, 0.1) is 6.92 Å². The molecule has 0 fully saturated rings. The van der Waals surface area contributed by atoms with Gasteiger partial charge in [-0.05, 0) is 48.9 Å². The highest BCUT2D eigenvalue weighted by molar-refractivity contribution is 6.30. The van der Waals surface area contributed by atoms with Gasteiger partial charge in [0.1, 0.15) is 5.75 Å². The van der Waals surface area contributed by atoms with Crippen molar-refractivity contribution >= 4 is 17.5 Å². The molecule has 2 aromatic carbocycles. The fourth-order valence-electron chi connectivity index (χ4n) is 2.72. The lowest BCUT2D eigenvalue weighted by Crippen LogP contribution is -2.31. The van der Waals surface area contributed by atoms with Crippen LogP contribution < -0.4 is 14.2 Å². The maximum Gasteiger partial charge on any atom is 0.260 e. The number of aryl methyl sites for hydroxylation is 1. The van der Waals surface area contributed by atoms with Crippen molar-refractivity contribution in [3.8, 4) is 28.7 Å². The third kappa shape index (κ3) is 5.01. The Labute approximate surface area is 179 Å². The molecule has 158 valence electrons. The minimum absolute atomic E-state index is 0.115. The largest absolute Gasteiger partial charge is 0.493 e. The van der Waals surface area contributed by atoms with Gasteiger partial charge in [-0.1, -0.05) is 11.6 Å². The molecule has 0 N–H and O–H groups in total. The topological polar surface area (TPSA) is 86.9 Å². The molecule has 0 radical (unpaired) electrons. The first-order valence-electron chi connectivity index (χ1n) is 9.09. The van der Waals surface area contributed by atoms with Crippen LogP contribution in [0.5, 0.6) is 17.2 Å². The maximum absolute atomic E-state index is 12.4.